The van der Waals surface area contributed by atoms with E-state index in [9.17, 15) is 13.2 Å². The molecule has 30 heavy (non-hydrogen) atoms. The number of anilines is 1. The summed E-state index contributed by atoms with van der Waals surface area (Å²) in [6.45, 7) is 0. The Hall–Kier alpha value is -2.13. The van der Waals surface area contributed by atoms with Gasteiger partial charge in [-0.2, -0.15) is 4.72 Å². The van der Waals surface area contributed by atoms with E-state index in [2.05, 4.69) is 26.0 Å². The molecule has 0 aliphatic heterocycles. The van der Waals surface area contributed by atoms with Crippen LogP contribution in [0.3, 0.4) is 0 Å². The summed E-state index contributed by atoms with van der Waals surface area (Å²) < 4.78 is 29.2. The number of thioether (sulfide) groups is 1. The molecule has 0 aliphatic carbocycles. The summed E-state index contributed by atoms with van der Waals surface area (Å²) in [6.07, 6.45) is 2.15. The molecule has 3 aromatic rings. The minimum Gasteiger partial charge on any atom is -0.324 e. The SMILES string of the molecule is CSc1ccccc1NC(=O)[C@@H](Cc1ccccc1)NS(=O)(=O)c1ccc(Br)cc1. The van der Waals surface area contributed by atoms with Crippen molar-refractivity contribution in [2.24, 2.45) is 0 Å². The van der Waals surface area contributed by atoms with Crippen LogP contribution >= 0.6 is 27.7 Å². The molecule has 0 unspecified atom stereocenters. The highest BCUT2D eigenvalue weighted by atomic mass is 79.9. The minimum atomic E-state index is -3.89. The lowest BCUT2D eigenvalue weighted by Crippen LogP contribution is -2.45. The van der Waals surface area contributed by atoms with Crippen LogP contribution in [0.2, 0.25) is 0 Å². The highest BCUT2D eigenvalue weighted by Gasteiger charge is 2.26. The Morgan fingerprint density at radius 1 is 0.967 bits per heavy atom. The number of hydrogen-bond acceptors (Lipinski definition) is 4. The average molecular weight is 505 g/mol. The number of carbonyl (C=O) groups excluding carboxylic acids is 1. The number of hydrogen-bond donors (Lipinski definition) is 2. The summed E-state index contributed by atoms with van der Waals surface area (Å²) >= 11 is 4.81. The first kappa shape index (κ1) is 22.6. The van der Waals surface area contributed by atoms with E-state index in [1.165, 1.54) is 23.9 Å². The summed E-state index contributed by atoms with van der Waals surface area (Å²) in [6, 6.07) is 22.0. The van der Waals surface area contributed by atoms with Gasteiger partial charge in [0.2, 0.25) is 15.9 Å². The number of amides is 1. The van der Waals surface area contributed by atoms with Gasteiger partial charge in [-0.25, -0.2) is 8.42 Å². The normalized spacial score (nSPS) is 12.3. The van der Waals surface area contributed by atoms with E-state index in [0.29, 0.717) is 5.69 Å². The number of para-hydroxylation sites is 1. The molecule has 0 aromatic heterocycles. The van der Waals surface area contributed by atoms with Crippen LogP contribution in [-0.2, 0) is 21.2 Å². The van der Waals surface area contributed by atoms with Crippen molar-refractivity contribution in [1.29, 1.82) is 0 Å². The molecule has 3 rings (SSSR count). The highest BCUT2D eigenvalue weighted by Crippen LogP contribution is 2.25. The van der Waals surface area contributed by atoms with Gasteiger partial charge < -0.3 is 5.32 Å². The zero-order valence-electron chi connectivity index (χ0n) is 16.2. The minimum absolute atomic E-state index is 0.0982. The lowest BCUT2D eigenvalue weighted by molar-refractivity contribution is -0.117. The van der Waals surface area contributed by atoms with E-state index in [1.807, 2.05) is 54.8 Å². The predicted molar refractivity (Wildman–Crippen MR) is 125 cm³/mol. The average Bonchev–Trinajstić information content (AvgIpc) is 2.74. The number of carbonyl (C=O) groups is 1. The third-order valence-electron chi connectivity index (χ3n) is 4.39. The van der Waals surface area contributed by atoms with Crippen molar-refractivity contribution >= 4 is 49.3 Å². The fourth-order valence-corrected chi connectivity index (χ4v) is 4.89. The second-order valence-corrected chi connectivity index (χ2v) is 9.98. The molecular weight excluding hydrogens is 484 g/mol. The molecule has 0 saturated heterocycles. The zero-order chi connectivity index (χ0) is 21.6. The van der Waals surface area contributed by atoms with Gasteiger partial charge in [-0.05, 0) is 54.6 Å². The Kier molecular flexibility index (Phi) is 7.71. The Bertz CT molecular complexity index is 1100. The summed E-state index contributed by atoms with van der Waals surface area (Å²) in [4.78, 5) is 14.1. The fourth-order valence-electron chi connectivity index (χ4n) is 2.87. The number of rotatable bonds is 8. The molecule has 1 atom stereocenters. The van der Waals surface area contributed by atoms with Crippen molar-refractivity contribution in [1.82, 2.24) is 4.72 Å². The molecule has 0 aliphatic rings. The number of sulfonamides is 1. The van der Waals surface area contributed by atoms with Crippen LogP contribution in [0.1, 0.15) is 5.56 Å². The van der Waals surface area contributed by atoms with Crippen molar-refractivity contribution in [2.45, 2.75) is 22.3 Å². The third kappa shape index (κ3) is 5.95. The molecule has 3 aromatic carbocycles. The molecule has 2 N–H and O–H groups in total. The standard InChI is InChI=1S/C22H21BrN2O3S2/c1-29-21-10-6-5-9-19(21)24-22(26)20(15-16-7-3-2-4-8-16)25-30(27,28)18-13-11-17(23)12-14-18/h2-14,20,25H,15H2,1H3,(H,24,26)/t20-/m1/s1. The van der Waals surface area contributed by atoms with Crippen molar-refractivity contribution in [2.75, 3.05) is 11.6 Å². The molecule has 0 fully saturated rings. The molecule has 0 radical (unpaired) electrons. The quantitative estimate of drug-likeness (QED) is 0.436. The van der Waals surface area contributed by atoms with E-state index >= 15 is 0 Å². The highest BCUT2D eigenvalue weighted by molar-refractivity contribution is 9.10. The van der Waals surface area contributed by atoms with Gasteiger partial charge in [0.1, 0.15) is 6.04 Å². The largest absolute Gasteiger partial charge is 0.324 e. The molecule has 156 valence electrons. The first-order valence-corrected chi connectivity index (χ1v) is 12.6. The lowest BCUT2D eigenvalue weighted by atomic mass is 10.1. The molecule has 1 amide bonds. The molecule has 0 saturated carbocycles. The Morgan fingerprint density at radius 3 is 2.27 bits per heavy atom. The van der Waals surface area contributed by atoms with Gasteiger partial charge >= 0.3 is 0 Å². The number of nitrogens with one attached hydrogen (secondary N) is 2. The van der Waals surface area contributed by atoms with Crippen LogP contribution in [0.4, 0.5) is 5.69 Å². The zero-order valence-corrected chi connectivity index (χ0v) is 19.4. The van der Waals surface area contributed by atoms with E-state index in [4.69, 9.17) is 0 Å². The van der Waals surface area contributed by atoms with Crippen LogP contribution in [0.25, 0.3) is 0 Å². The van der Waals surface area contributed by atoms with Crippen LogP contribution in [0, 0.1) is 0 Å². The Balaban J connectivity index is 1.88. The maximum Gasteiger partial charge on any atom is 0.242 e. The smallest absolute Gasteiger partial charge is 0.242 e. The maximum atomic E-state index is 13.1. The van der Waals surface area contributed by atoms with Crippen molar-refractivity contribution in [3.63, 3.8) is 0 Å². The van der Waals surface area contributed by atoms with Gasteiger partial charge in [0.05, 0.1) is 10.6 Å². The van der Waals surface area contributed by atoms with E-state index in [0.717, 1.165) is 14.9 Å². The van der Waals surface area contributed by atoms with Gasteiger partial charge in [-0.15, -0.1) is 11.8 Å². The lowest BCUT2D eigenvalue weighted by Gasteiger charge is -2.20. The molecule has 0 bridgehead atoms. The van der Waals surface area contributed by atoms with Crippen LogP contribution in [-0.4, -0.2) is 26.6 Å². The second-order valence-electron chi connectivity index (χ2n) is 6.51. The van der Waals surface area contributed by atoms with E-state index in [-0.39, 0.29) is 11.3 Å². The second kappa shape index (κ2) is 10.3. The van der Waals surface area contributed by atoms with Gasteiger partial charge in [0, 0.05) is 9.37 Å². The van der Waals surface area contributed by atoms with Crippen LogP contribution in [0.5, 0.6) is 0 Å². The molecular formula is C22H21BrN2O3S2. The molecule has 0 heterocycles. The summed E-state index contributed by atoms with van der Waals surface area (Å²) in [5, 5.41) is 2.87. The summed E-state index contributed by atoms with van der Waals surface area (Å²) in [5.74, 6) is -0.416. The molecule has 0 spiro atoms. The van der Waals surface area contributed by atoms with Crippen LogP contribution < -0.4 is 10.0 Å². The van der Waals surface area contributed by atoms with Crippen molar-refractivity contribution in [3.8, 4) is 0 Å². The number of halogens is 1. The molecule has 8 heteroatoms. The van der Waals surface area contributed by atoms with E-state index in [1.54, 1.807) is 18.2 Å². The first-order valence-electron chi connectivity index (χ1n) is 9.15. The summed E-state index contributed by atoms with van der Waals surface area (Å²) in [5.41, 5.74) is 1.50. The number of benzene rings is 3. The topological polar surface area (TPSA) is 75.3 Å². The summed E-state index contributed by atoms with van der Waals surface area (Å²) in [7, 11) is -3.89. The van der Waals surface area contributed by atoms with Crippen molar-refractivity contribution < 1.29 is 13.2 Å². The monoisotopic (exact) mass is 504 g/mol. The van der Waals surface area contributed by atoms with E-state index < -0.39 is 22.0 Å². The first-order chi connectivity index (χ1) is 14.4. The molecule has 5 nitrogen and oxygen atoms in total. The van der Waals surface area contributed by atoms with Crippen LogP contribution in [0.15, 0.2) is 93.1 Å². The van der Waals surface area contributed by atoms with Gasteiger partial charge in [-0.3, -0.25) is 4.79 Å². The fraction of sp³-hybridized carbons (Fsp3) is 0.136. The maximum absolute atomic E-state index is 13.1. The van der Waals surface area contributed by atoms with Gasteiger partial charge in [-0.1, -0.05) is 58.4 Å². The van der Waals surface area contributed by atoms with Crippen molar-refractivity contribution in [3.05, 3.63) is 88.9 Å². The van der Waals surface area contributed by atoms with Gasteiger partial charge in [0.15, 0.2) is 0 Å². The Labute approximate surface area is 189 Å². The Morgan fingerprint density at radius 2 is 1.60 bits per heavy atom. The van der Waals surface area contributed by atoms with Gasteiger partial charge in [0.25, 0.3) is 0 Å². The third-order valence-corrected chi connectivity index (χ3v) is 7.20. The predicted octanol–water partition coefficient (Wildman–Crippen LogP) is 4.70.